The lowest BCUT2D eigenvalue weighted by atomic mass is 10.0. The van der Waals surface area contributed by atoms with Crippen LogP contribution in [-0.2, 0) is 24.7 Å². The number of aromatic nitrogens is 2. The number of hydrogen-bond donors (Lipinski definition) is 2. The molecule has 1 unspecified atom stereocenters. The Balaban J connectivity index is 2.42. The number of carbonyl (C=O) groups is 1. The molecule has 0 amide bonds. The van der Waals surface area contributed by atoms with Gasteiger partial charge in [-0.25, -0.2) is 0 Å². The molecule has 3 N–H and O–H groups in total. The fraction of sp³-hybridized carbons (Fsp3) is 0.286. The molecule has 0 fully saturated rings. The lowest BCUT2D eigenvalue weighted by Crippen LogP contribution is -2.32. The zero-order chi connectivity index (χ0) is 16.3. The van der Waals surface area contributed by atoms with Crippen molar-refractivity contribution in [1.82, 2.24) is 9.78 Å². The lowest BCUT2D eigenvalue weighted by Gasteiger charge is -2.06. The van der Waals surface area contributed by atoms with Crippen molar-refractivity contribution in [3.63, 3.8) is 0 Å². The number of rotatable bonds is 6. The molecule has 22 heavy (non-hydrogen) atoms. The molecule has 0 radical (unpaired) electrons. The van der Waals surface area contributed by atoms with Gasteiger partial charge in [-0.1, -0.05) is 35.4 Å². The van der Waals surface area contributed by atoms with E-state index in [-0.39, 0.29) is 17.8 Å². The van der Waals surface area contributed by atoms with Crippen molar-refractivity contribution in [2.45, 2.75) is 18.9 Å². The molecular weight excluding hydrogens is 288 g/mol. The molecular formula is C14H16N4O4. The van der Waals surface area contributed by atoms with Gasteiger partial charge in [-0.2, -0.15) is 0 Å². The second kappa shape index (κ2) is 6.35. The largest absolute Gasteiger partial charge is 0.480 e. The van der Waals surface area contributed by atoms with Crippen LogP contribution in [0.15, 0.2) is 30.3 Å². The minimum absolute atomic E-state index is 0.137. The highest BCUT2D eigenvalue weighted by Crippen LogP contribution is 2.25. The summed E-state index contributed by atoms with van der Waals surface area (Å²) in [5, 5.41) is 24.3. The first kappa shape index (κ1) is 15.6. The summed E-state index contributed by atoms with van der Waals surface area (Å²) >= 11 is 0. The summed E-state index contributed by atoms with van der Waals surface area (Å²) in [4.78, 5) is 21.6. The summed E-state index contributed by atoms with van der Waals surface area (Å²) in [6.07, 6.45) is 0.242. The van der Waals surface area contributed by atoms with Crippen LogP contribution in [0.25, 0.3) is 0 Å². The molecule has 1 aromatic heterocycles. The zero-order valence-electron chi connectivity index (χ0n) is 12.0. The molecule has 2 rings (SSSR count). The van der Waals surface area contributed by atoms with Crippen molar-refractivity contribution in [3.8, 4) is 0 Å². The summed E-state index contributed by atoms with van der Waals surface area (Å²) in [5.41, 5.74) is 7.20. The van der Waals surface area contributed by atoms with Crippen LogP contribution in [-0.4, -0.2) is 31.8 Å². The number of carboxylic acid groups (broad SMARTS) is 1. The monoisotopic (exact) mass is 304 g/mol. The highest BCUT2D eigenvalue weighted by Gasteiger charge is 2.28. The number of aliphatic carboxylic acids is 1. The first-order valence-corrected chi connectivity index (χ1v) is 6.61. The third-order valence-corrected chi connectivity index (χ3v) is 3.32. The van der Waals surface area contributed by atoms with Gasteiger partial charge >= 0.3 is 11.8 Å². The van der Waals surface area contributed by atoms with Crippen LogP contribution in [0, 0.1) is 10.1 Å². The number of nitrogens with zero attached hydrogens (tertiary/aromatic N) is 3. The van der Waals surface area contributed by atoms with Gasteiger partial charge in [0.15, 0.2) is 0 Å². The van der Waals surface area contributed by atoms with Gasteiger partial charge in [-0.05, 0) is 10.5 Å². The van der Waals surface area contributed by atoms with Gasteiger partial charge in [-0.15, -0.1) is 4.68 Å². The van der Waals surface area contributed by atoms with Crippen molar-refractivity contribution >= 4 is 11.8 Å². The third kappa shape index (κ3) is 3.29. The fourth-order valence-electron chi connectivity index (χ4n) is 2.29. The van der Waals surface area contributed by atoms with E-state index in [4.69, 9.17) is 10.8 Å². The Labute approximate surface area is 126 Å². The molecule has 0 aliphatic heterocycles. The molecule has 0 aliphatic carbocycles. The van der Waals surface area contributed by atoms with Crippen molar-refractivity contribution in [1.29, 1.82) is 0 Å². The van der Waals surface area contributed by atoms with Crippen LogP contribution in [0.5, 0.6) is 0 Å². The van der Waals surface area contributed by atoms with Crippen LogP contribution in [0.1, 0.15) is 16.8 Å². The topological polar surface area (TPSA) is 124 Å². The van der Waals surface area contributed by atoms with E-state index < -0.39 is 16.9 Å². The Kier molecular flexibility index (Phi) is 4.52. The Morgan fingerprint density at radius 2 is 2.09 bits per heavy atom. The van der Waals surface area contributed by atoms with Crippen molar-refractivity contribution in [2.75, 3.05) is 0 Å². The van der Waals surface area contributed by atoms with E-state index in [1.165, 1.54) is 7.05 Å². The second-order valence-corrected chi connectivity index (χ2v) is 4.94. The number of hydrogen-bond acceptors (Lipinski definition) is 5. The van der Waals surface area contributed by atoms with E-state index in [2.05, 4.69) is 5.10 Å². The van der Waals surface area contributed by atoms with E-state index in [1.807, 2.05) is 30.3 Å². The quantitative estimate of drug-likeness (QED) is 0.602. The average molecular weight is 304 g/mol. The number of aryl methyl sites for hydroxylation is 1. The summed E-state index contributed by atoms with van der Waals surface area (Å²) in [7, 11) is 1.46. The van der Waals surface area contributed by atoms with Gasteiger partial charge in [0.2, 0.25) is 0 Å². The molecule has 8 heteroatoms. The Morgan fingerprint density at radius 3 is 2.64 bits per heavy atom. The summed E-state index contributed by atoms with van der Waals surface area (Å²) in [6.45, 7) is 0. The van der Waals surface area contributed by atoms with Crippen molar-refractivity contribution in [3.05, 3.63) is 57.3 Å². The van der Waals surface area contributed by atoms with Crippen molar-refractivity contribution < 1.29 is 14.8 Å². The summed E-state index contributed by atoms with van der Waals surface area (Å²) in [6, 6.07) is 8.12. The van der Waals surface area contributed by atoms with E-state index in [1.54, 1.807) is 0 Å². The molecule has 0 spiro atoms. The molecule has 2 aromatic rings. The smallest absolute Gasteiger partial charge is 0.348 e. The Hall–Kier alpha value is -2.74. The average Bonchev–Trinajstić information content (AvgIpc) is 2.75. The predicted octanol–water partition coefficient (Wildman–Crippen LogP) is 0.874. The second-order valence-electron chi connectivity index (χ2n) is 4.94. The number of nitrogens with two attached hydrogens (primary N) is 1. The molecule has 1 atom stereocenters. The van der Waals surface area contributed by atoms with E-state index in [0.717, 1.165) is 10.2 Å². The van der Waals surface area contributed by atoms with Crippen LogP contribution >= 0.6 is 0 Å². The molecule has 8 nitrogen and oxygen atoms in total. The van der Waals surface area contributed by atoms with E-state index in [9.17, 15) is 14.9 Å². The van der Waals surface area contributed by atoms with E-state index in [0.29, 0.717) is 12.1 Å². The van der Waals surface area contributed by atoms with Gasteiger partial charge in [0, 0.05) is 12.8 Å². The normalized spacial score (nSPS) is 12.1. The maximum Gasteiger partial charge on any atom is 0.348 e. The van der Waals surface area contributed by atoms with Gasteiger partial charge in [0.25, 0.3) is 0 Å². The zero-order valence-corrected chi connectivity index (χ0v) is 12.0. The van der Waals surface area contributed by atoms with Gasteiger partial charge in [-0.3, -0.25) is 4.79 Å². The minimum Gasteiger partial charge on any atom is -0.480 e. The fourth-order valence-corrected chi connectivity index (χ4v) is 2.29. The third-order valence-electron chi connectivity index (χ3n) is 3.32. The minimum atomic E-state index is -1.21. The van der Waals surface area contributed by atoms with Crippen LogP contribution in [0.2, 0.25) is 0 Å². The summed E-state index contributed by atoms with van der Waals surface area (Å²) in [5.74, 6) is -1.42. The van der Waals surface area contributed by atoms with Gasteiger partial charge < -0.3 is 21.0 Å². The van der Waals surface area contributed by atoms with Crippen molar-refractivity contribution in [2.24, 2.45) is 12.8 Å². The number of benzene rings is 1. The van der Waals surface area contributed by atoms with Crippen LogP contribution in [0.4, 0.5) is 5.82 Å². The first-order chi connectivity index (χ1) is 10.4. The highest BCUT2D eigenvalue weighted by atomic mass is 16.6. The SMILES string of the molecule is Cn1nc(Cc2ccccc2)c(CC(N)C(=O)O)c1[N+](=O)[O-]. The number of nitro groups is 1. The van der Waals surface area contributed by atoms with Gasteiger partial charge in [0.05, 0.1) is 11.3 Å². The predicted molar refractivity (Wildman–Crippen MR) is 78.4 cm³/mol. The maximum atomic E-state index is 11.2. The molecule has 0 saturated carbocycles. The maximum absolute atomic E-state index is 11.2. The standard InChI is InChI=1S/C14H16N4O4/c1-17-13(18(21)22)10(8-11(15)14(19)20)12(16-17)7-9-5-3-2-4-6-9/h2-6,11H,7-8,15H2,1H3,(H,19,20). The molecule has 116 valence electrons. The Bertz CT molecular complexity index is 696. The van der Waals surface area contributed by atoms with Crippen LogP contribution in [0.3, 0.4) is 0 Å². The molecule has 0 bridgehead atoms. The number of carboxylic acids is 1. The molecule has 0 saturated heterocycles. The van der Waals surface area contributed by atoms with E-state index >= 15 is 0 Å². The van der Waals surface area contributed by atoms with Gasteiger partial charge in [0.1, 0.15) is 13.1 Å². The highest BCUT2D eigenvalue weighted by molar-refractivity contribution is 5.73. The summed E-state index contributed by atoms with van der Waals surface area (Å²) < 4.78 is 1.15. The molecule has 0 aliphatic rings. The lowest BCUT2D eigenvalue weighted by molar-refractivity contribution is -0.393. The first-order valence-electron chi connectivity index (χ1n) is 6.61. The van der Waals surface area contributed by atoms with Crippen LogP contribution < -0.4 is 5.73 Å². The molecule has 1 aromatic carbocycles. The Morgan fingerprint density at radius 1 is 1.45 bits per heavy atom. The molecule has 1 heterocycles.